The number of fused-ring (bicyclic) bond motifs is 1. The van der Waals surface area contributed by atoms with E-state index in [4.69, 9.17) is 9.47 Å². The fraction of sp³-hybridized carbons (Fsp3) is 0.0455. The van der Waals surface area contributed by atoms with E-state index in [-0.39, 0.29) is 39.8 Å². The van der Waals surface area contributed by atoms with Crippen molar-refractivity contribution in [2.75, 3.05) is 4.90 Å². The average molecular weight is 418 g/mol. The topological polar surface area (TPSA) is 116 Å². The molecule has 0 radical (unpaired) electrons. The number of nitrogens with zero attached hydrogens (tertiary/aromatic N) is 2. The molecule has 9 heteroatoms. The number of nitro groups is 1. The number of hydrogen-bond donors (Lipinski definition) is 0. The Balaban J connectivity index is 1.63. The Kier molecular flexibility index (Phi) is 4.92. The van der Waals surface area contributed by atoms with Crippen LogP contribution >= 0.6 is 0 Å². The number of carbonyl (C=O) groups excluding carboxylic acids is 3. The van der Waals surface area contributed by atoms with Crippen molar-refractivity contribution in [2.45, 2.75) is 6.92 Å². The lowest BCUT2D eigenvalue weighted by Crippen LogP contribution is -2.29. The number of hydrogen-bond acceptors (Lipinski definition) is 7. The molecule has 3 aromatic rings. The standard InChI is InChI=1S/C22H14N2O7/c1-13(25)30-16-6-2-4-14(10-16)23-21(26)19-9-8-18(12-20(19)22(23)27)31-17-7-3-5-15(11-17)24(28)29/h2-12H,1H3. The zero-order valence-electron chi connectivity index (χ0n) is 16.1. The van der Waals surface area contributed by atoms with Crippen molar-refractivity contribution in [3.63, 3.8) is 0 Å². The molecular formula is C22H14N2O7. The van der Waals surface area contributed by atoms with Crippen LogP contribution in [0.1, 0.15) is 27.6 Å². The van der Waals surface area contributed by atoms with Gasteiger partial charge in [-0.25, -0.2) is 4.90 Å². The maximum Gasteiger partial charge on any atom is 0.308 e. The summed E-state index contributed by atoms with van der Waals surface area (Å²) in [6.45, 7) is 1.25. The van der Waals surface area contributed by atoms with Gasteiger partial charge < -0.3 is 9.47 Å². The molecule has 0 saturated heterocycles. The quantitative estimate of drug-likeness (QED) is 0.201. The van der Waals surface area contributed by atoms with E-state index in [1.165, 1.54) is 55.5 Å². The minimum atomic E-state index is -0.565. The van der Waals surface area contributed by atoms with Crippen LogP contribution in [0, 0.1) is 10.1 Å². The fourth-order valence-corrected chi connectivity index (χ4v) is 3.17. The monoisotopic (exact) mass is 418 g/mol. The summed E-state index contributed by atoms with van der Waals surface area (Å²) in [5, 5.41) is 10.9. The molecular weight excluding hydrogens is 404 g/mol. The Morgan fingerprint density at radius 3 is 2.29 bits per heavy atom. The largest absolute Gasteiger partial charge is 0.457 e. The molecule has 0 aliphatic carbocycles. The van der Waals surface area contributed by atoms with Crippen molar-refractivity contribution in [3.8, 4) is 17.2 Å². The summed E-state index contributed by atoms with van der Waals surface area (Å²) in [6.07, 6.45) is 0. The van der Waals surface area contributed by atoms with Crippen molar-refractivity contribution < 1.29 is 28.8 Å². The van der Waals surface area contributed by atoms with E-state index in [2.05, 4.69) is 0 Å². The summed E-state index contributed by atoms with van der Waals surface area (Å²) in [6, 6.07) is 16.0. The summed E-state index contributed by atoms with van der Waals surface area (Å²) in [5.41, 5.74) is 0.440. The molecule has 0 N–H and O–H groups in total. The number of nitro benzene ring substituents is 1. The molecule has 1 heterocycles. The SMILES string of the molecule is CC(=O)Oc1cccc(N2C(=O)c3ccc(Oc4cccc([N+](=O)[O-])c4)cc3C2=O)c1. The van der Waals surface area contributed by atoms with Crippen molar-refractivity contribution in [1.82, 2.24) is 0 Å². The van der Waals surface area contributed by atoms with E-state index in [0.29, 0.717) is 0 Å². The first kappa shape index (κ1) is 19.8. The Morgan fingerprint density at radius 1 is 0.871 bits per heavy atom. The van der Waals surface area contributed by atoms with Gasteiger partial charge in [-0.3, -0.25) is 24.5 Å². The van der Waals surface area contributed by atoms with E-state index in [0.717, 1.165) is 4.90 Å². The van der Waals surface area contributed by atoms with Gasteiger partial charge in [0, 0.05) is 19.1 Å². The second-order valence-corrected chi connectivity index (χ2v) is 6.60. The third-order valence-corrected chi connectivity index (χ3v) is 4.46. The molecule has 0 fully saturated rings. The van der Waals surface area contributed by atoms with Gasteiger partial charge in [0.1, 0.15) is 17.2 Å². The number of carbonyl (C=O) groups is 3. The molecule has 4 rings (SSSR count). The van der Waals surface area contributed by atoms with Crippen molar-refractivity contribution >= 4 is 29.2 Å². The lowest BCUT2D eigenvalue weighted by molar-refractivity contribution is -0.384. The number of ether oxygens (including phenoxy) is 2. The van der Waals surface area contributed by atoms with Crippen LogP contribution in [0.2, 0.25) is 0 Å². The van der Waals surface area contributed by atoms with E-state index >= 15 is 0 Å². The molecule has 154 valence electrons. The summed E-state index contributed by atoms with van der Waals surface area (Å²) >= 11 is 0. The normalized spacial score (nSPS) is 12.5. The second kappa shape index (κ2) is 7.71. The Bertz CT molecular complexity index is 1250. The van der Waals surface area contributed by atoms with Gasteiger partial charge in [0.05, 0.1) is 27.8 Å². The van der Waals surface area contributed by atoms with Crippen LogP contribution in [0.5, 0.6) is 17.2 Å². The highest BCUT2D eigenvalue weighted by Gasteiger charge is 2.37. The van der Waals surface area contributed by atoms with Gasteiger partial charge in [0.25, 0.3) is 17.5 Å². The van der Waals surface area contributed by atoms with Gasteiger partial charge in [0.2, 0.25) is 0 Å². The molecule has 0 aromatic heterocycles. The molecule has 2 amide bonds. The second-order valence-electron chi connectivity index (χ2n) is 6.60. The number of non-ortho nitro benzene ring substituents is 1. The average Bonchev–Trinajstić information content (AvgIpc) is 2.98. The van der Waals surface area contributed by atoms with Crippen LogP contribution in [0.15, 0.2) is 66.7 Å². The first-order valence-electron chi connectivity index (χ1n) is 9.07. The Labute approximate surface area is 175 Å². The van der Waals surface area contributed by atoms with E-state index in [9.17, 15) is 24.5 Å². The third kappa shape index (κ3) is 3.84. The van der Waals surface area contributed by atoms with Gasteiger partial charge >= 0.3 is 5.97 Å². The van der Waals surface area contributed by atoms with Gasteiger partial charge in [-0.15, -0.1) is 0 Å². The first-order valence-corrected chi connectivity index (χ1v) is 9.07. The first-order chi connectivity index (χ1) is 14.8. The Morgan fingerprint density at radius 2 is 1.55 bits per heavy atom. The minimum absolute atomic E-state index is 0.130. The molecule has 0 spiro atoms. The van der Waals surface area contributed by atoms with E-state index < -0.39 is 22.7 Å². The highest BCUT2D eigenvalue weighted by Crippen LogP contribution is 2.34. The molecule has 1 aliphatic heterocycles. The maximum absolute atomic E-state index is 12.9. The number of esters is 1. The van der Waals surface area contributed by atoms with Crippen molar-refractivity contribution in [1.29, 1.82) is 0 Å². The number of anilines is 1. The zero-order chi connectivity index (χ0) is 22.1. The van der Waals surface area contributed by atoms with Crippen molar-refractivity contribution in [2.24, 2.45) is 0 Å². The summed E-state index contributed by atoms with van der Waals surface area (Å²) in [5.74, 6) is -0.946. The smallest absolute Gasteiger partial charge is 0.308 e. The van der Waals surface area contributed by atoms with Crippen molar-refractivity contribution in [3.05, 3.63) is 88.0 Å². The highest BCUT2D eigenvalue weighted by molar-refractivity contribution is 6.34. The van der Waals surface area contributed by atoms with Crippen LogP contribution in [-0.2, 0) is 4.79 Å². The lowest BCUT2D eigenvalue weighted by atomic mass is 10.1. The predicted octanol–water partition coefficient (Wildman–Crippen LogP) is 4.11. The van der Waals surface area contributed by atoms with Crippen LogP contribution in [-0.4, -0.2) is 22.7 Å². The fourth-order valence-electron chi connectivity index (χ4n) is 3.17. The van der Waals surface area contributed by atoms with E-state index in [1.807, 2.05) is 0 Å². The number of benzene rings is 3. The molecule has 0 unspecified atom stereocenters. The molecule has 0 saturated carbocycles. The van der Waals surface area contributed by atoms with Gasteiger partial charge in [0.15, 0.2) is 0 Å². The maximum atomic E-state index is 12.9. The molecule has 0 atom stereocenters. The van der Waals surface area contributed by atoms with Crippen LogP contribution in [0.4, 0.5) is 11.4 Å². The Hall–Kier alpha value is -4.53. The van der Waals surface area contributed by atoms with E-state index in [1.54, 1.807) is 18.2 Å². The number of rotatable bonds is 5. The van der Waals surface area contributed by atoms with Gasteiger partial charge in [-0.1, -0.05) is 12.1 Å². The minimum Gasteiger partial charge on any atom is -0.457 e. The van der Waals surface area contributed by atoms with Gasteiger partial charge in [-0.05, 0) is 36.4 Å². The summed E-state index contributed by atoms with van der Waals surface area (Å²) in [4.78, 5) is 48.3. The van der Waals surface area contributed by atoms with Crippen LogP contribution < -0.4 is 14.4 Å². The lowest BCUT2D eigenvalue weighted by Gasteiger charge is -2.14. The summed E-state index contributed by atoms with van der Waals surface area (Å²) in [7, 11) is 0. The third-order valence-electron chi connectivity index (χ3n) is 4.46. The van der Waals surface area contributed by atoms with Crippen LogP contribution in [0.3, 0.4) is 0 Å². The molecule has 31 heavy (non-hydrogen) atoms. The predicted molar refractivity (Wildman–Crippen MR) is 109 cm³/mol. The summed E-state index contributed by atoms with van der Waals surface area (Å²) < 4.78 is 10.7. The van der Waals surface area contributed by atoms with Crippen LogP contribution in [0.25, 0.3) is 0 Å². The molecule has 1 aliphatic rings. The molecule has 3 aromatic carbocycles. The zero-order valence-corrected chi connectivity index (χ0v) is 16.1. The number of amides is 2. The number of imide groups is 1. The molecule has 9 nitrogen and oxygen atoms in total. The molecule has 0 bridgehead atoms. The van der Waals surface area contributed by atoms with Gasteiger partial charge in [-0.2, -0.15) is 0 Å². The highest BCUT2D eigenvalue weighted by atomic mass is 16.6.